The van der Waals surface area contributed by atoms with Crippen LogP contribution in [-0.2, 0) is 24.9 Å². The SMILES string of the molecule is CC(=O)/C=C(/C)[N-]C1CCCCC1.Cc1nc(-c2[c-]c3ccccc3c(C(C)C)c2)c2sc3c4ccccc4ccc3c2n1.[Ir]. The second-order valence-electron chi connectivity index (χ2n) is 12.2. The zero-order chi connectivity index (χ0) is 30.8. The Kier molecular flexibility index (Phi) is 10.5. The van der Waals surface area contributed by atoms with Gasteiger partial charge in [0, 0.05) is 40.6 Å². The number of ketones is 1. The van der Waals surface area contributed by atoms with Crippen LogP contribution in [0.4, 0.5) is 0 Å². The summed E-state index contributed by atoms with van der Waals surface area (Å²) in [5.41, 5.74) is 5.30. The van der Waals surface area contributed by atoms with Gasteiger partial charge in [0.25, 0.3) is 0 Å². The van der Waals surface area contributed by atoms with Crippen LogP contribution in [0.1, 0.15) is 77.1 Å². The van der Waals surface area contributed by atoms with E-state index in [-0.39, 0.29) is 25.9 Å². The van der Waals surface area contributed by atoms with Gasteiger partial charge in [-0.05, 0) is 36.6 Å². The molecule has 0 N–H and O–H groups in total. The minimum Gasteiger partial charge on any atom is -0.685 e. The molecule has 0 saturated heterocycles. The van der Waals surface area contributed by atoms with E-state index in [2.05, 4.69) is 92.0 Å². The predicted octanol–water partition coefficient (Wildman–Crippen LogP) is 11.2. The molecule has 1 aliphatic rings. The number of rotatable bonds is 5. The van der Waals surface area contributed by atoms with E-state index in [0.29, 0.717) is 12.0 Å². The van der Waals surface area contributed by atoms with E-state index < -0.39 is 0 Å². The molecule has 1 fully saturated rings. The van der Waals surface area contributed by atoms with Crippen molar-refractivity contribution in [2.24, 2.45) is 0 Å². The van der Waals surface area contributed by atoms with Crippen LogP contribution in [0.15, 0.2) is 78.5 Å². The summed E-state index contributed by atoms with van der Waals surface area (Å²) in [7, 11) is 0. The van der Waals surface area contributed by atoms with Crippen molar-refractivity contribution in [1.82, 2.24) is 9.97 Å². The average molecular weight is 790 g/mol. The summed E-state index contributed by atoms with van der Waals surface area (Å²) < 4.78 is 2.41. The summed E-state index contributed by atoms with van der Waals surface area (Å²) in [5, 5.41) is 10.7. The maximum absolute atomic E-state index is 10.8. The topological polar surface area (TPSA) is 57.0 Å². The minimum absolute atomic E-state index is 0. The van der Waals surface area contributed by atoms with Gasteiger partial charge in [0.05, 0.1) is 5.52 Å². The largest absolute Gasteiger partial charge is 0.685 e. The van der Waals surface area contributed by atoms with E-state index in [4.69, 9.17) is 9.97 Å². The first-order valence-electron chi connectivity index (χ1n) is 15.7. The quantitative estimate of drug-likeness (QED) is 0.129. The first-order chi connectivity index (χ1) is 21.3. The zero-order valence-electron chi connectivity index (χ0n) is 26.6. The molecule has 0 atom stereocenters. The van der Waals surface area contributed by atoms with Crippen LogP contribution < -0.4 is 0 Å². The molecule has 0 bridgehead atoms. The minimum atomic E-state index is 0. The van der Waals surface area contributed by atoms with Crippen molar-refractivity contribution < 1.29 is 24.9 Å². The van der Waals surface area contributed by atoms with Crippen molar-refractivity contribution in [2.45, 2.75) is 78.7 Å². The summed E-state index contributed by atoms with van der Waals surface area (Å²) in [6.07, 6.45) is 7.95. The molecule has 4 nitrogen and oxygen atoms in total. The zero-order valence-corrected chi connectivity index (χ0v) is 29.8. The molecule has 0 amide bonds. The van der Waals surface area contributed by atoms with E-state index in [1.807, 2.05) is 13.8 Å². The molecule has 1 saturated carbocycles. The van der Waals surface area contributed by atoms with Crippen LogP contribution in [0, 0.1) is 13.0 Å². The fourth-order valence-electron chi connectivity index (χ4n) is 6.36. The number of hydrogen-bond donors (Lipinski definition) is 0. The molecule has 2 aromatic heterocycles. The molecule has 4 aromatic carbocycles. The molecule has 0 unspecified atom stereocenters. The molecule has 0 aliphatic heterocycles. The summed E-state index contributed by atoms with van der Waals surface area (Å²) in [4.78, 5) is 20.5. The fourth-order valence-corrected chi connectivity index (χ4v) is 7.64. The summed E-state index contributed by atoms with van der Waals surface area (Å²) in [6.45, 7) is 9.96. The molecule has 45 heavy (non-hydrogen) atoms. The molecule has 7 rings (SSSR count). The van der Waals surface area contributed by atoms with E-state index in [9.17, 15) is 4.79 Å². The molecule has 2 heterocycles. The summed E-state index contributed by atoms with van der Waals surface area (Å²) >= 11 is 1.80. The normalized spacial score (nSPS) is 14.0. The Morgan fingerprint density at radius 2 is 1.62 bits per heavy atom. The number of fused-ring (bicyclic) bond motifs is 6. The van der Waals surface area contributed by atoms with Crippen LogP contribution in [0.3, 0.4) is 0 Å². The summed E-state index contributed by atoms with van der Waals surface area (Å²) in [5.74, 6) is 1.31. The van der Waals surface area contributed by atoms with Gasteiger partial charge in [-0.25, -0.2) is 4.98 Å². The van der Waals surface area contributed by atoms with E-state index in [1.165, 1.54) is 63.9 Å². The molecule has 1 radical (unpaired) electrons. The maximum atomic E-state index is 10.8. The van der Waals surface area contributed by atoms with Crippen molar-refractivity contribution in [3.05, 3.63) is 101 Å². The van der Waals surface area contributed by atoms with Crippen molar-refractivity contribution in [1.29, 1.82) is 0 Å². The van der Waals surface area contributed by atoms with Crippen molar-refractivity contribution in [2.75, 3.05) is 0 Å². The third kappa shape index (κ3) is 7.19. The predicted molar refractivity (Wildman–Crippen MR) is 188 cm³/mol. The molecular formula is C39H39IrN3OS-2. The van der Waals surface area contributed by atoms with Gasteiger partial charge in [-0.15, -0.1) is 46.5 Å². The number of nitrogens with zero attached hydrogens (tertiary/aromatic N) is 3. The van der Waals surface area contributed by atoms with Crippen molar-refractivity contribution in [3.8, 4) is 11.3 Å². The van der Waals surface area contributed by atoms with Crippen LogP contribution in [0.2, 0.25) is 0 Å². The van der Waals surface area contributed by atoms with E-state index in [1.54, 1.807) is 24.3 Å². The number of aromatic nitrogens is 2. The molecular weight excluding hydrogens is 751 g/mol. The third-order valence-electron chi connectivity index (χ3n) is 8.37. The van der Waals surface area contributed by atoms with Crippen LogP contribution in [0.5, 0.6) is 0 Å². The Balaban J connectivity index is 0.000000243. The number of aryl methyl sites for hydroxylation is 1. The van der Waals surface area contributed by atoms with Crippen LogP contribution in [0.25, 0.3) is 58.4 Å². The van der Waals surface area contributed by atoms with E-state index in [0.717, 1.165) is 38.4 Å². The number of hydrogen-bond acceptors (Lipinski definition) is 4. The fraction of sp³-hybridized carbons (Fsp3) is 0.308. The standard InChI is InChI=1S/C28H21N2S.C11H19NO.Ir/c1-16(2)24-15-20(14-19-9-5-6-10-21(19)24)25-28-26(30-17(3)29-25)23-13-12-18-8-4-7-11-22(18)27(23)31-28;1-9(8-10(2)13)12-11-6-4-3-5-7-11;/h4-13,15-16H,1-3H3;8,11H,3-7H2,1-2H3,(H,12,13);/q-1;;/p-1. The number of allylic oxidation sites excluding steroid dienone is 2. The molecule has 1 aliphatic carbocycles. The van der Waals surface area contributed by atoms with E-state index >= 15 is 0 Å². The average Bonchev–Trinajstić information content (AvgIpc) is 3.39. The Hall–Kier alpha value is -3.44. The summed E-state index contributed by atoms with van der Waals surface area (Å²) in [6, 6.07) is 27.9. The molecule has 233 valence electrons. The Labute approximate surface area is 283 Å². The molecule has 6 heteroatoms. The number of carbonyl (C=O) groups excluding carboxylic acids is 1. The van der Waals surface area contributed by atoms with Crippen molar-refractivity contribution >= 4 is 59.0 Å². The van der Waals surface area contributed by atoms with Gasteiger partial charge in [0.2, 0.25) is 0 Å². The van der Waals surface area contributed by atoms with Gasteiger partial charge in [-0.2, -0.15) is 5.70 Å². The Bertz CT molecular complexity index is 2020. The molecule has 6 aromatic rings. The van der Waals surface area contributed by atoms with Gasteiger partial charge < -0.3 is 5.32 Å². The second kappa shape index (κ2) is 14.3. The van der Waals surface area contributed by atoms with Gasteiger partial charge in [-0.1, -0.05) is 118 Å². The van der Waals surface area contributed by atoms with Gasteiger partial charge in [0.1, 0.15) is 5.82 Å². The van der Waals surface area contributed by atoms with Gasteiger partial charge in [0.15, 0.2) is 5.78 Å². The number of carbonyl (C=O) groups is 1. The maximum Gasteiger partial charge on any atom is 0.151 e. The van der Waals surface area contributed by atoms with Gasteiger partial charge >= 0.3 is 0 Å². The molecule has 0 spiro atoms. The van der Waals surface area contributed by atoms with Crippen LogP contribution in [-0.4, -0.2) is 21.8 Å². The second-order valence-corrected chi connectivity index (χ2v) is 13.2. The van der Waals surface area contributed by atoms with Crippen molar-refractivity contribution in [3.63, 3.8) is 0 Å². The first kappa shape index (κ1) is 32.9. The van der Waals surface area contributed by atoms with Crippen LogP contribution >= 0.6 is 11.3 Å². The Morgan fingerprint density at radius 1 is 0.911 bits per heavy atom. The third-order valence-corrected chi connectivity index (χ3v) is 9.61. The Morgan fingerprint density at radius 3 is 2.36 bits per heavy atom. The number of benzene rings is 4. The smallest absolute Gasteiger partial charge is 0.151 e. The van der Waals surface area contributed by atoms with Gasteiger partial charge in [-0.3, -0.25) is 9.78 Å². The monoisotopic (exact) mass is 790 g/mol. The number of thiophene rings is 1. The first-order valence-corrected chi connectivity index (χ1v) is 16.5.